The molecule has 0 radical (unpaired) electrons. The summed E-state index contributed by atoms with van der Waals surface area (Å²) in [4.78, 5) is 6.67. The van der Waals surface area contributed by atoms with Gasteiger partial charge in [-0.15, -0.1) is 11.3 Å². The minimum absolute atomic E-state index is 0.979. The van der Waals surface area contributed by atoms with Gasteiger partial charge in [0, 0.05) is 26.2 Å². The van der Waals surface area contributed by atoms with Gasteiger partial charge in [0.05, 0.1) is 15.2 Å². The van der Waals surface area contributed by atoms with Gasteiger partial charge in [-0.2, -0.15) is 0 Å². The Bertz CT molecular complexity index is 466. The Balaban J connectivity index is 2.07. The van der Waals surface area contributed by atoms with Crippen molar-refractivity contribution in [3.8, 4) is 0 Å². The van der Waals surface area contributed by atoms with E-state index in [9.17, 15) is 0 Å². The second-order valence-electron chi connectivity index (χ2n) is 4.04. The van der Waals surface area contributed by atoms with Crippen molar-refractivity contribution in [2.75, 3.05) is 14.1 Å². The Labute approximate surface area is 100 Å². The molecule has 0 saturated carbocycles. The van der Waals surface area contributed by atoms with Gasteiger partial charge in [-0.05, 0) is 18.6 Å². The molecule has 0 bridgehead atoms. The summed E-state index contributed by atoms with van der Waals surface area (Å²) in [6.45, 7) is 4.03. The molecule has 84 valence electrons. The number of aryl methyl sites for hydroxylation is 1. The predicted molar refractivity (Wildman–Crippen MR) is 70.8 cm³/mol. The molecule has 0 aliphatic rings. The lowest BCUT2D eigenvalue weighted by molar-refractivity contribution is 0.489. The van der Waals surface area contributed by atoms with Crippen molar-refractivity contribution in [1.29, 1.82) is 0 Å². The third-order valence-electron chi connectivity index (χ3n) is 2.60. The molecular formula is C13H16N2S. The second-order valence-corrected chi connectivity index (χ2v) is 5.15. The van der Waals surface area contributed by atoms with E-state index >= 15 is 0 Å². The number of allylic oxidation sites excluding steroid dienone is 1. The number of para-hydroxylation sites is 1. The first-order chi connectivity index (χ1) is 7.66. The summed E-state index contributed by atoms with van der Waals surface area (Å²) in [6.07, 6.45) is 1.96. The van der Waals surface area contributed by atoms with E-state index in [4.69, 9.17) is 0 Å². The van der Waals surface area contributed by atoms with Crippen LogP contribution in [0.3, 0.4) is 0 Å². The zero-order chi connectivity index (χ0) is 11.5. The maximum atomic E-state index is 4.60. The van der Waals surface area contributed by atoms with E-state index in [1.807, 2.05) is 20.2 Å². The molecule has 0 N–H and O–H groups in total. The number of hydrogen-bond donors (Lipinski definition) is 0. The molecule has 1 aromatic carbocycles. The molecule has 2 rings (SSSR count). The maximum absolute atomic E-state index is 4.60. The largest absolute Gasteiger partial charge is 0.381 e. The first-order valence-corrected chi connectivity index (χ1v) is 6.18. The van der Waals surface area contributed by atoms with Gasteiger partial charge >= 0.3 is 0 Å². The minimum Gasteiger partial charge on any atom is -0.381 e. The van der Waals surface area contributed by atoms with Crippen molar-refractivity contribution in [2.24, 2.45) is 0 Å². The van der Waals surface area contributed by atoms with Crippen LogP contribution in [0, 0.1) is 0 Å². The fraction of sp³-hybridized carbons (Fsp3) is 0.308. The molecule has 0 fully saturated rings. The van der Waals surface area contributed by atoms with E-state index in [1.54, 1.807) is 11.3 Å². The molecule has 0 atom stereocenters. The van der Waals surface area contributed by atoms with Crippen molar-refractivity contribution in [3.05, 3.63) is 41.5 Å². The summed E-state index contributed by atoms with van der Waals surface area (Å²) >= 11 is 1.78. The SMILES string of the molecule is C=C(CCc1nc2ccccc2s1)N(C)C. The zero-order valence-electron chi connectivity index (χ0n) is 9.73. The van der Waals surface area contributed by atoms with E-state index < -0.39 is 0 Å². The highest BCUT2D eigenvalue weighted by molar-refractivity contribution is 7.18. The number of fused-ring (bicyclic) bond motifs is 1. The van der Waals surface area contributed by atoms with Crippen molar-refractivity contribution >= 4 is 21.6 Å². The Morgan fingerprint density at radius 2 is 2.12 bits per heavy atom. The van der Waals surface area contributed by atoms with Gasteiger partial charge in [-0.3, -0.25) is 0 Å². The Morgan fingerprint density at radius 1 is 1.38 bits per heavy atom. The average molecular weight is 232 g/mol. The highest BCUT2D eigenvalue weighted by atomic mass is 32.1. The van der Waals surface area contributed by atoms with Crippen LogP contribution in [0.15, 0.2) is 36.5 Å². The lowest BCUT2D eigenvalue weighted by Gasteiger charge is -2.14. The van der Waals surface area contributed by atoms with Gasteiger partial charge in [0.2, 0.25) is 0 Å². The van der Waals surface area contributed by atoms with Gasteiger partial charge in [0.25, 0.3) is 0 Å². The molecule has 2 nitrogen and oxygen atoms in total. The first-order valence-electron chi connectivity index (χ1n) is 5.36. The third-order valence-corrected chi connectivity index (χ3v) is 3.69. The van der Waals surface area contributed by atoms with Crippen molar-refractivity contribution < 1.29 is 0 Å². The van der Waals surface area contributed by atoms with Crippen molar-refractivity contribution in [1.82, 2.24) is 9.88 Å². The standard InChI is InChI=1S/C13H16N2S/c1-10(15(2)3)8-9-13-14-11-6-4-5-7-12(11)16-13/h4-7H,1,8-9H2,2-3H3. The van der Waals surface area contributed by atoms with E-state index in [1.165, 1.54) is 9.71 Å². The molecule has 0 aliphatic heterocycles. The number of benzene rings is 1. The molecule has 16 heavy (non-hydrogen) atoms. The molecule has 0 aliphatic carbocycles. The summed E-state index contributed by atoms with van der Waals surface area (Å²) in [5.74, 6) is 0. The molecule has 1 heterocycles. The number of rotatable bonds is 4. The molecule has 0 saturated heterocycles. The van der Waals surface area contributed by atoms with Gasteiger partial charge < -0.3 is 4.90 Å². The smallest absolute Gasteiger partial charge is 0.0942 e. The summed E-state index contributed by atoms with van der Waals surface area (Å²) in [7, 11) is 4.06. The van der Waals surface area contributed by atoms with E-state index in [-0.39, 0.29) is 0 Å². The van der Waals surface area contributed by atoms with Crippen molar-refractivity contribution in [2.45, 2.75) is 12.8 Å². The molecule has 1 aromatic heterocycles. The van der Waals surface area contributed by atoms with Crippen LogP contribution in [-0.4, -0.2) is 24.0 Å². The quantitative estimate of drug-likeness (QED) is 0.804. The van der Waals surface area contributed by atoms with Crippen LogP contribution >= 0.6 is 11.3 Å². The molecular weight excluding hydrogens is 216 g/mol. The van der Waals surface area contributed by atoms with Crippen LogP contribution < -0.4 is 0 Å². The minimum atomic E-state index is 0.979. The van der Waals surface area contributed by atoms with Crippen LogP contribution in [-0.2, 0) is 6.42 Å². The van der Waals surface area contributed by atoms with Crippen LogP contribution in [0.1, 0.15) is 11.4 Å². The summed E-state index contributed by atoms with van der Waals surface area (Å²) in [5, 5.41) is 1.20. The molecule has 0 unspecified atom stereocenters. The Kier molecular flexibility index (Phi) is 3.25. The first kappa shape index (κ1) is 11.1. The lowest BCUT2D eigenvalue weighted by Crippen LogP contribution is -2.10. The predicted octanol–water partition coefficient (Wildman–Crippen LogP) is 3.30. The van der Waals surface area contributed by atoms with Gasteiger partial charge in [-0.25, -0.2) is 4.98 Å². The topological polar surface area (TPSA) is 16.1 Å². The van der Waals surface area contributed by atoms with Crippen LogP contribution in [0.25, 0.3) is 10.2 Å². The molecule has 0 amide bonds. The molecule has 0 spiro atoms. The van der Waals surface area contributed by atoms with Gasteiger partial charge in [-0.1, -0.05) is 18.7 Å². The average Bonchev–Trinajstić information content (AvgIpc) is 2.68. The fourth-order valence-corrected chi connectivity index (χ4v) is 2.47. The highest BCUT2D eigenvalue weighted by Gasteiger charge is 2.04. The monoisotopic (exact) mass is 232 g/mol. The van der Waals surface area contributed by atoms with Gasteiger partial charge in [0.15, 0.2) is 0 Å². The van der Waals surface area contributed by atoms with Crippen LogP contribution in [0.4, 0.5) is 0 Å². The number of thiazole rings is 1. The normalized spacial score (nSPS) is 10.6. The lowest BCUT2D eigenvalue weighted by atomic mass is 10.2. The van der Waals surface area contributed by atoms with E-state index in [2.05, 4.69) is 34.7 Å². The van der Waals surface area contributed by atoms with E-state index in [0.29, 0.717) is 0 Å². The molecule has 3 heteroatoms. The third kappa shape index (κ3) is 2.42. The Morgan fingerprint density at radius 3 is 2.81 bits per heavy atom. The highest BCUT2D eigenvalue weighted by Crippen LogP contribution is 2.23. The van der Waals surface area contributed by atoms with Crippen molar-refractivity contribution in [3.63, 3.8) is 0 Å². The Hall–Kier alpha value is -1.35. The second kappa shape index (κ2) is 4.66. The van der Waals surface area contributed by atoms with Crippen LogP contribution in [0.5, 0.6) is 0 Å². The molecule has 2 aromatic rings. The maximum Gasteiger partial charge on any atom is 0.0942 e. The zero-order valence-corrected chi connectivity index (χ0v) is 10.5. The number of hydrogen-bond acceptors (Lipinski definition) is 3. The van der Waals surface area contributed by atoms with Gasteiger partial charge in [0.1, 0.15) is 0 Å². The summed E-state index contributed by atoms with van der Waals surface area (Å²) in [5.41, 5.74) is 2.26. The fourth-order valence-electron chi connectivity index (χ4n) is 1.50. The number of nitrogens with zero attached hydrogens (tertiary/aromatic N) is 2. The van der Waals surface area contributed by atoms with E-state index in [0.717, 1.165) is 24.1 Å². The summed E-state index contributed by atoms with van der Waals surface area (Å²) in [6, 6.07) is 8.28. The summed E-state index contributed by atoms with van der Waals surface area (Å²) < 4.78 is 1.27. The van der Waals surface area contributed by atoms with Crippen LogP contribution in [0.2, 0.25) is 0 Å². The number of aromatic nitrogens is 1.